The minimum Gasteiger partial charge on any atom is -0.444 e. The number of nitrogens with zero attached hydrogens (tertiary/aromatic N) is 5. The second kappa shape index (κ2) is 9.87. The number of pyridine rings is 1. The van der Waals surface area contributed by atoms with Gasteiger partial charge in [0.2, 0.25) is 0 Å². The number of rotatable bonds is 3. The van der Waals surface area contributed by atoms with Crippen LogP contribution in [0.5, 0.6) is 0 Å². The summed E-state index contributed by atoms with van der Waals surface area (Å²) in [6, 6.07) is 4.76. The van der Waals surface area contributed by atoms with E-state index >= 15 is 0 Å². The van der Waals surface area contributed by atoms with Gasteiger partial charge in [-0.05, 0) is 59.7 Å². The van der Waals surface area contributed by atoms with Gasteiger partial charge in [-0.25, -0.2) is 14.2 Å². The van der Waals surface area contributed by atoms with E-state index in [9.17, 15) is 14.0 Å². The van der Waals surface area contributed by atoms with Crippen LogP contribution in [0.25, 0.3) is 5.65 Å². The molecule has 206 valence electrons. The number of fused-ring (bicyclic) bond motifs is 2. The average molecular weight is 536 g/mol. The van der Waals surface area contributed by atoms with Crippen LogP contribution < -0.4 is 15.5 Å². The highest BCUT2D eigenvalue weighted by atomic mass is 19.1. The van der Waals surface area contributed by atoms with Crippen LogP contribution in [0.2, 0.25) is 0 Å². The molecule has 10 nitrogen and oxygen atoms in total. The molecule has 2 N–H and O–H groups in total. The zero-order valence-electron chi connectivity index (χ0n) is 23.1. The Balaban J connectivity index is 1.39. The van der Waals surface area contributed by atoms with Crippen molar-refractivity contribution in [1.29, 1.82) is 0 Å². The van der Waals surface area contributed by atoms with Gasteiger partial charge in [-0.2, -0.15) is 0 Å². The summed E-state index contributed by atoms with van der Waals surface area (Å²) in [5, 5.41) is 6.24. The monoisotopic (exact) mass is 535 g/mol. The van der Waals surface area contributed by atoms with Crippen molar-refractivity contribution in [2.45, 2.75) is 59.2 Å². The van der Waals surface area contributed by atoms with Crippen molar-refractivity contribution in [3.05, 3.63) is 47.7 Å². The minimum absolute atomic E-state index is 0.0872. The number of piperazine rings is 1. The normalized spacial score (nSPS) is 19.1. The van der Waals surface area contributed by atoms with E-state index in [0.29, 0.717) is 42.4 Å². The largest absolute Gasteiger partial charge is 0.444 e. The highest BCUT2D eigenvalue weighted by Gasteiger charge is 2.36. The van der Waals surface area contributed by atoms with Crippen LogP contribution in [-0.2, 0) is 4.74 Å². The van der Waals surface area contributed by atoms with E-state index in [4.69, 9.17) is 4.74 Å². The number of benzene rings is 1. The molecule has 2 aliphatic heterocycles. The first-order valence-corrected chi connectivity index (χ1v) is 13.1. The van der Waals surface area contributed by atoms with Crippen molar-refractivity contribution in [2.24, 2.45) is 4.99 Å². The molecule has 2 aromatic heterocycles. The fourth-order valence-electron chi connectivity index (χ4n) is 5.23. The van der Waals surface area contributed by atoms with Crippen molar-refractivity contribution in [3.63, 3.8) is 0 Å². The Morgan fingerprint density at radius 1 is 1.15 bits per heavy atom. The van der Waals surface area contributed by atoms with Crippen molar-refractivity contribution in [3.8, 4) is 0 Å². The molecule has 2 amide bonds. The third-order valence-corrected chi connectivity index (χ3v) is 6.75. The van der Waals surface area contributed by atoms with Crippen LogP contribution in [-0.4, -0.2) is 69.8 Å². The molecule has 0 saturated carbocycles. The molecule has 0 radical (unpaired) electrons. The summed E-state index contributed by atoms with van der Waals surface area (Å²) >= 11 is 0. The third-order valence-electron chi connectivity index (χ3n) is 6.75. The van der Waals surface area contributed by atoms with E-state index in [1.807, 2.05) is 46.8 Å². The number of anilines is 3. The van der Waals surface area contributed by atoms with Gasteiger partial charge in [0.15, 0.2) is 11.5 Å². The summed E-state index contributed by atoms with van der Waals surface area (Å²) in [4.78, 5) is 38.8. The molecule has 1 saturated heterocycles. The molecule has 4 heterocycles. The standard InChI is InChI=1S/C28H34FN7O3/c1-16-12-35-15-19(11-20(29)25(35)32-16)26(37)33-21-7-8-22(24-23(21)30-9-10-31-24)34-13-17(2)36(18(3)14-34)27(38)39-28(4,5)6/h7-8,10-12,15,17-18,30H,9,13-14H2,1-6H3,(H,33,37)/t17-,18+. The van der Waals surface area contributed by atoms with Crippen molar-refractivity contribution in [1.82, 2.24) is 14.3 Å². The van der Waals surface area contributed by atoms with E-state index in [0.717, 1.165) is 5.69 Å². The molecule has 1 fully saturated rings. The Labute approximate surface area is 226 Å². The molecule has 0 aliphatic carbocycles. The van der Waals surface area contributed by atoms with E-state index in [-0.39, 0.29) is 29.4 Å². The quantitative estimate of drug-likeness (QED) is 0.490. The summed E-state index contributed by atoms with van der Waals surface area (Å²) in [6.45, 7) is 13.1. The number of aliphatic imine (C=N–C) groups is 1. The zero-order valence-corrected chi connectivity index (χ0v) is 23.1. The van der Waals surface area contributed by atoms with Crippen molar-refractivity contribution < 1.29 is 18.7 Å². The third kappa shape index (κ3) is 5.25. The highest BCUT2D eigenvalue weighted by molar-refractivity contribution is 6.08. The first-order valence-electron chi connectivity index (χ1n) is 13.1. The SMILES string of the molecule is Cc1cn2cc(C(=O)Nc3ccc(N4C[C@@H](C)N(C(=O)OC(C)(C)C)[C@@H](C)C4)c4c3NCC=N4)cc(F)c2n1. The Morgan fingerprint density at radius 2 is 1.87 bits per heavy atom. The number of aromatic nitrogens is 2. The molecule has 0 spiro atoms. The van der Waals surface area contributed by atoms with Crippen LogP contribution >= 0.6 is 0 Å². The summed E-state index contributed by atoms with van der Waals surface area (Å²) in [6.07, 6.45) is 4.70. The zero-order chi connectivity index (χ0) is 28.1. The fraction of sp³-hybridized carbons (Fsp3) is 0.429. The predicted molar refractivity (Wildman–Crippen MR) is 150 cm³/mol. The van der Waals surface area contributed by atoms with Gasteiger partial charge in [0.1, 0.15) is 11.3 Å². The topological polar surface area (TPSA) is 104 Å². The number of ether oxygens (including phenoxy) is 1. The molecule has 11 heteroatoms. The predicted octanol–water partition coefficient (Wildman–Crippen LogP) is 5.00. The van der Waals surface area contributed by atoms with Gasteiger partial charge in [0, 0.05) is 31.7 Å². The molecule has 2 atom stereocenters. The Kier molecular flexibility index (Phi) is 6.69. The Hall–Kier alpha value is -4.15. The van der Waals surface area contributed by atoms with Gasteiger partial charge >= 0.3 is 6.09 Å². The van der Waals surface area contributed by atoms with Gasteiger partial charge in [-0.3, -0.25) is 14.7 Å². The van der Waals surface area contributed by atoms with Gasteiger partial charge in [-0.15, -0.1) is 0 Å². The maximum atomic E-state index is 14.6. The summed E-state index contributed by atoms with van der Waals surface area (Å²) < 4.78 is 21.7. The van der Waals surface area contributed by atoms with Gasteiger partial charge < -0.3 is 24.7 Å². The van der Waals surface area contributed by atoms with Gasteiger partial charge in [0.25, 0.3) is 5.91 Å². The lowest BCUT2D eigenvalue weighted by Gasteiger charge is -2.45. The summed E-state index contributed by atoms with van der Waals surface area (Å²) in [5.41, 5.74) is 3.29. The fourth-order valence-corrected chi connectivity index (χ4v) is 5.23. The molecule has 3 aromatic rings. The smallest absolute Gasteiger partial charge is 0.410 e. The maximum Gasteiger partial charge on any atom is 0.410 e. The molecule has 1 aromatic carbocycles. The van der Waals surface area contributed by atoms with E-state index < -0.39 is 17.3 Å². The number of carbonyl (C=O) groups is 2. The van der Waals surface area contributed by atoms with Gasteiger partial charge in [0.05, 0.1) is 46.9 Å². The molecule has 0 unspecified atom stereocenters. The second-order valence-corrected chi connectivity index (χ2v) is 11.2. The van der Waals surface area contributed by atoms with Crippen molar-refractivity contribution in [2.75, 3.05) is 35.2 Å². The van der Waals surface area contributed by atoms with Crippen LogP contribution in [0.3, 0.4) is 0 Å². The first kappa shape index (κ1) is 26.5. The highest BCUT2D eigenvalue weighted by Crippen LogP contribution is 2.43. The first-order chi connectivity index (χ1) is 18.4. The van der Waals surface area contributed by atoms with Gasteiger partial charge in [-0.1, -0.05) is 0 Å². The van der Waals surface area contributed by atoms with Crippen molar-refractivity contribution >= 4 is 46.6 Å². The van der Waals surface area contributed by atoms with E-state index in [1.165, 1.54) is 10.5 Å². The molecule has 0 bridgehead atoms. The van der Waals surface area contributed by atoms with Crippen LogP contribution in [0, 0.1) is 12.7 Å². The number of amides is 2. The molecular weight excluding hydrogens is 501 g/mol. The number of aryl methyl sites for hydroxylation is 1. The number of hydrogen-bond donors (Lipinski definition) is 2. The molecule has 5 rings (SSSR count). The molecule has 39 heavy (non-hydrogen) atoms. The van der Waals surface area contributed by atoms with Crippen LogP contribution in [0.15, 0.2) is 35.6 Å². The summed E-state index contributed by atoms with van der Waals surface area (Å²) in [5.74, 6) is -1.01. The van der Waals surface area contributed by atoms with Crippen LogP contribution in [0.4, 0.5) is 31.9 Å². The lowest BCUT2D eigenvalue weighted by Crippen LogP contribution is -2.59. The Bertz CT molecular complexity index is 1460. The Morgan fingerprint density at radius 3 is 2.56 bits per heavy atom. The van der Waals surface area contributed by atoms with E-state index in [2.05, 4.69) is 25.5 Å². The number of nitrogens with one attached hydrogen (secondary N) is 2. The lowest BCUT2D eigenvalue weighted by molar-refractivity contribution is 0.00566. The number of hydrogen-bond acceptors (Lipinski definition) is 7. The second-order valence-electron chi connectivity index (χ2n) is 11.2. The molecular formula is C28H34FN7O3. The number of carbonyl (C=O) groups excluding carboxylic acids is 2. The number of halogens is 1. The lowest BCUT2D eigenvalue weighted by atomic mass is 10.1. The average Bonchev–Trinajstić information content (AvgIpc) is 3.23. The molecule has 2 aliphatic rings. The van der Waals surface area contributed by atoms with E-state index in [1.54, 1.807) is 30.4 Å². The maximum absolute atomic E-state index is 14.6. The minimum atomic E-state index is -0.567. The number of imidazole rings is 1. The van der Waals surface area contributed by atoms with Crippen LogP contribution in [0.1, 0.15) is 50.7 Å². The summed E-state index contributed by atoms with van der Waals surface area (Å²) in [7, 11) is 0.